The van der Waals surface area contributed by atoms with Crippen LogP contribution >= 0.6 is 0 Å². The minimum absolute atomic E-state index is 0.0162. The van der Waals surface area contributed by atoms with Gasteiger partial charge in [-0.1, -0.05) is 44.2 Å². The topological polar surface area (TPSA) is 77.4 Å². The highest BCUT2D eigenvalue weighted by Crippen LogP contribution is 2.42. The van der Waals surface area contributed by atoms with Crippen molar-refractivity contribution in [3.63, 3.8) is 0 Å². The molecule has 5 rings (SSSR count). The number of rotatable bonds is 6. The fourth-order valence-electron chi connectivity index (χ4n) is 5.08. The van der Waals surface area contributed by atoms with E-state index in [1.807, 2.05) is 47.4 Å². The second-order valence-corrected chi connectivity index (χ2v) is 10.2. The number of hydrogen-bond donors (Lipinski definition) is 1. The van der Waals surface area contributed by atoms with Crippen LogP contribution in [-0.2, 0) is 10.3 Å². The van der Waals surface area contributed by atoms with Gasteiger partial charge in [0.25, 0.3) is 5.91 Å². The Hall–Kier alpha value is -3.32. The van der Waals surface area contributed by atoms with Gasteiger partial charge in [0.1, 0.15) is 5.54 Å². The monoisotopic (exact) mass is 471 g/mol. The molecule has 2 heterocycles. The van der Waals surface area contributed by atoms with E-state index in [1.54, 1.807) is 6.20 Å². The van der Waals surface area contributed by atoms with Gasteiger partial charge in [-0.15, -0.1) is 0 Å². The molecule has 1 aliphatic carbocycles. The first kappa shape index (κ1) is 23.4. The van der Waals surface area contributed by atoms with Crippen molar-refractivity contribution < 1.29 is 9.59 Å². The first-order valence-electron chi connectivity index (χ1n) is 12.5. The molecule has 1 saturated heterocycles. The molecule has 2 amide bonds. The summed E-state index contributed by atoms with van der Waals surface area (Å²) in [4.78, 5) is 30.9. The first-order chi connectivity index (χ1) is 16.9. The Morgan fingerprint density at radius 2 is 1.86 bits per heavy atom. The maximum Gasteiger partial charge on any atom is 0.254 e. The number of likely N-dealkylation sites (N-methyl/N-ethyl adjacent to an activating group) is 1. The molecule has 0 bridgehead atoms. The largest absolute Gasteiger partial charge is 0.329 e. The van der Waals surface area contributed by atoms with Crippen LogP contribution in [0.3, 0.4) is 0 Å². The van der Waals surface area contributed by atoms with Gasteiger partial charge in [0, 0.05) is 48.6 Å². The molecule has 2 aromatic carbocycles. The van der Waals surface area contributed by atoms with Crippen LogP contribution in [0.2, 0.25) is 0 Å². The number of anilines is 1. The third kappa shape index (κ3) is 4.52. The number of carbonyl (C=O) groups is 2. The lowest BCUT2D eigenvalue weighted by Crippen LogP contribution is -2.49. The van der Waals surface area contributed by atoms with Gasteiger partial charge < -0.3 is 15.1 Å². The van der Waals surface area contributed by atoms with Gasteiger partial charge in [-0.2, -0.15) is 10.2 Å². The van der Waals surface area contributed by atoms with Crippen LogP contribution in [0.4, 0.5) is 5.69 Å². The van der Waals surface area contributed by atoms with Crippen molar-refractivity contribution in [3.8, 4) is 0 Å². The molecule has 2 aromatic rings. The number of amides is 2. The lowest BCUT2D eigenvalue weighted by Gasteiger charge is -2.41. The molecule has 7 heteroatoms. The summed E-state index contributed by atoms with van der Waals surface area (Å²) in [6.45, 7) is 6.40. The summed E-state index contributed by atoms with van der Waals surface area (Å²) in [7, 11) is 2.10. The third-order valence-electron chi connectivity index (χ3n) is 7.42. The normalized spacial score (nSPS) is 24.2. The number of azo groups is 1. The SMILES string of the molecule is CC(C)C1(c2cc(NC(=O)C3CC3)ccc2C(=O)N2CCN(C)C[C@@H]2c2ccccc2)C=CN=N1. The van der Waals surface area contributed by atoms with Gasteiger partial charge in [0.2, 0.25) is 5.91 Å². The molecular formula is C28H33N5O2. The van der Waals surface area contributed by atoms with E-state index >= 15 is 0 Å². The van der Waals surface area contributed by atoms with Crippen LogP contribution < -0.4 is 5.32 Å². The highest BCUT2D eigenvalue weighted by atomic mass is 16.2. The van der Waals surface area contributed by atoms with E-state index in [9.17, 15) is 9.59 Å². The van der Waals surface area contributed by atoms with E-state index in [4.69, 9.17) is 0 Å². The first-order valence-corrected chi connectivity index (χ1v) is 12.5. The molecule has 2 fully saturated rings. The van der Waals surface area contributed by atoms with Crippen LogP contribution in [0, 0.1) is 11.8 Å². The van der Waals surface area contributed by atoms with Gasteiger partial charge >= 0.3 is 0 Å². The highest BCUT2D eigenvalue weighted by molar-refractivity contribution is 5.99. The Kier molecular flexibility index (Phi) is 6.28. The standard InChI is InChI=1S/C28H33N5O2/c1-19(2)28(13-14-29-31-28)24-17-22(30-26(34)21-9-10-21)11-12-23(24)27(35)33-16-15-32(3)18-25(33)20-7-5-4-6-8-20/h4-8,11-14,17,19,21,25H,9-10,15-16,18H2,1-3H3,(H,30,34)/t25-,28?/m1/s1. The quantitative estimate of drug-likeness (QED) is 0.644. The van der Waals surface area contributed by atoms with Crippen molar-refractivity contribution in [2.75, 3.05) is 32.0 Å². The number of nitrogens with one attached hydrogen (secondary N) is 1. The van der Waals surface area contributed by atoms with E-state index in [2.05, 4.69) is 53.5 Å². The molecule has 3 aliphatic rings. The van der Waals surface area contributed by atoms with Gasteiger partial charge in [-0.3, -0.25) is 9.59 Å². The number of benzene rings is 2. The minimum atomic E-state index is -0.750. The molecule has 35 heavy (non-hydrogen) atoms. The summed E-state index contributed by atoms with van der Waals surface area (Å²) in [6.07, 6.45) is 5.54. The summed E-state index contributed by atoms with van der Waals surface area (Å²) < 4.78 is 0. The van der Waals surface area contributed by atoms with Crippen LogP contribution in [0.5, 0.6) is 0 Å². The number of carbonyl (C=O) groups excluding carboxylic acids is 2. The van der Waals surface area contributed by atoms with E-state index < -0.39 is 5.54 Å². The van der Waals surface area contributed by atoms with Crippen LogP contribution in [0.25, 0.3) is 0 Å². The predicted octanol–water partition coefficient (Wildman–Crippen LogP) is 4.99. The van der Waals surface area contributed by atoms with Gasteiger partial charge in [-0.05, 0) is 55.6 Å². The number of nitrogens with zero attached hydrogens (tertiary/aromatic N) is 4. The predicted molar refractivity (Wildman–Crippen MR) is 136 cm³/mol. The number of hydrogen-bond acceptors (Lipinski definition) is 5. The minimum Gasteiger partial charge on any atom is -0.329 e. The van der Waals surface area contributed by atoms with Crippen molar-refractivity contribution in [1.29, 1.82) is 0 Å². The fraction of sp³-hybridized carbons (Fsp3) is 0.429. The highest BCUT2D eigenvalue weighted by Gasteiger charge is 2.41. The van der Waals surface area contributed by atoms with E-state index in [0.29, 0.717) is 17.8 Å². The van der Waals surface area contributed by atoms with Crippen molar-refractivity contribution >= 4 is 17.5 Å². The lowest BCUT2D eigenvalue weighted by atomic mass is 9.78. The van der Waals surface area contributed by atoms with E-state index in [-0.39, 0.29) is 29.7 Å². The molecule has 1 unspecified atom stereocenters. The average Bonchev–Trinajstić information content (AvgIpc) is 3.60. The van der Waals surface area contributed by atoms with Crippen molar-refractivity contribution in [1.82, 2.24) is 9.80 Å². The fourth-order valence-corrected chi connectivity index (χ4v) is 5.08. The van der Waals surface area contributed by atoms with E-state index in [1.165, 1.54) is 0 Å². The molecular weight excluding hydrogens is 438 g/mol. The Morgan fingerprint density at radius 1 is 1.09 bits per heavy atom. The molecule has 182 valence electrons. The summed E-state index contributed by atoms with van der Waals surface area (Å²) >= 11 is 0. The summed E-state index contributed by atoms with van der Waals surface area (Å²) in [5.41, 5.74) is 2.47. The molecule has 0 radical (unpaired) electrons. The molecule has 1 N–H and O–H groups in total. The maximum atomic E-state index is 14.2. The molecule has 2 aliphatic heterocycles. The van der Waals surface area contributed by atoms with Gasteiger partial charge in [0.05, 0.1) is 6.04 Å². The second kappa shape index (κ2) is 9.38. The van der Waals surface area contributed by atoms with Gasteiger partial charge in [0.15, 0.2) is 0 Å². The Balaban J connectivity index is 1.56. The average molecular weight is 472 g/mol. The second-order valence-electron chi connectivity index (χ2n) is 10.2. The van der Waals surface area contributed by atoms with E-state index in [0.717, 1.165) is 37.1 Å². The van der Waals surface area contributed by atoms with Gasteiger partial charge in [-0.25, -0.2) is 0 Å². The number of piperazine rings is 1. The molecule has 1 saturated carbocycles. The molecule has 2 atom stereocenters. The Bertz CT molecular complexity index is 1160. The van der Waals surface area contributed by atoms with Crippen molar-refractivity contribution in [2.45, 2.75) is 38.3 Å². The zero-order chi connectivity index (χ0) is 24.6. The smallest absolute Gasteiger partial charge is 0.254 e. The summed E-state index contributed by atoms with van der Waals surface area (Å²) in [5, 5.41) is 11.8. The molecule has 7 nitrogen and oxygen atoms in total. The van der Waals surface area contributed by atoms with Crippen LogP contribution in [0.1, 0.15) is 54.2 Å². The molecule has 0 spiro atoms. The Morgan fingerprint density at radius 3 is 2.51 bits per heavy atom. The van der Waals surface area contributed by atoms with Crippen LogP contribution in [0.15, 0.2) is 71.0 Å². The summed E-state index contributed by atoms with van der Waals surface area (Å²) in [5.74, 6) is 0.197. The van der Waals surface area contributed by atoms with Crippen LogP contribution in [-0.4, -0.2) is 48.3 Å². The summed E-state index contributed by atoms with van der Waals surface area (Å²) in [6, 6.07) is 15.8. The van der Waals surface area contributed by atoms with Crippen molar-refractivity contribution in [3.05, 3.63) is 77.5 Å². The van der Waals surface area contributed by atoms with Crippen molar-refractivity contribution in [2.24, 2.45) is 22.1 Å². The zero-order valence-corrected chi connectivity index (χ0v) is 20.6. The Labute approximate surface area is 206 Å². The zero-order valence-electron chi connectivity index (χ0n) is 20.6. The maximum absolute atomic E-state index is 14.2. The lowest BCUT2D eigenvalue weighted by molar-refractivity contribution is -0.117. The molecule has 0 aromatic heterocycles. The third-order valence-corrected chi connectivity index (χ3v) is 7.42.